The molecular formula is C8H19N3O. The van der Waals surface area contributed by atoms with Gasteiger partial charge in [0.25, 0.3) is 0 Å². The molecule has 1 aliphatic heterocycles. The molecule has 4 nitrogen and oxygen atoms in total. The topological polar surface area (TPSA) is 52.7 Å². The van der Waals surface area contributed by atoms with E-state index in [4.69, 9.17) is 10.8 Å². The van der Waals surface area contributed by atoms with Gasteiger partial charge in [0.05, 0.1) is 13.4 Å². The van der Waals surface area contributed by atoms with Crippen LogP contribution >= 0.6 is 0 Å². The molecule has 0 saturated carbocycles. The van der Waals surface area contributed by atoms with Crippen LogP contribution in [0.2, 0.25) is 0 Å². The van der Waals surface area contributed by atoms with Crippen molar-refractivity contribution in [3.8, 4) is 0 Å². The molecule has 72 valence electrons. The van der Waals surface area contributed by atoms with E-state index >= 15 is 0 Å². The summed E-state index contributed by atoms with van der Waals surface area (Å²) in [5.74, 6) is 0. The summed E-state index contributed by atoms with van der Waals surface area (Å²) in [6, 6.07) is 0. The molecule has 1 heterocycles. The predicted molar refractivity (Wildman–Crippen MR) is 48.5 cm³/mol. The van der Waals surface area contributed by atoms with Crippen LogP contribution in [0.5, 0.6) is 0 Å². The maximum Gasteiger partial charge on any atom is 0.0966 e. The monoisotopic (exact) mass is 173 g/mol. The van der Waals surface area contributed by atoms with Gasteiger partial charge in [-0.05, 0) is 19.4 Å². The van der Waals surface area contributed by atoms with Gasteiger partial charge in [-0.15, -0.1) is 0 Å². The lowest BCUT2D eigenvalue weighted by Crippen LogP contribution is -2.45. The summed E-state index contributed by atoms with van der Waals surface area (Å²) in [6.07, 6.45) is 2.21. The Kier molecular flexibility index (Phi) is 4.53. The highest BCUT2D eigenvalue weighted by Gasteiger charge is 2.15. The van der Waals surface area contributed by atoms with Crippen molar-refractivity contribution in [2.75, 3.05) is 39.6 Å². The van der Waals surface area contributed by atoms with E-state index in [0.29, 0.717) is 0 Å². The third-order valence-electron chi connectivity index (χ3n) is 2.23. The lowest BCUT2D eigenvalue weighted by molar-refractivity contribution is 0.0193. The van der Waals surface area contributed by atoms with Crippen molar-refractivity contribution in [2.45, 2.75) is 12.8 Å². The zero-order valence-electron chi connectivity index (χ0n) is 7.58. The van der Waals surface area contributed by atoms with Gasteiger partial charge in [-0.1, -0.05) is 0 Å². The number of aliphatic hydroxyl groups excluding tert-OH is 1. The summed E-state index contributed by atoms with van der Waals surface area (Å²) in [4.78, 5) is 4.38. The van der Waals surface area contributed by atoms with Crippen LogP contribution in [0.15, 0.2) is 0 Å². The Morgan fingerprint density at radius 2 is 2.00 bits per heavy atom. The van der Waals surface area contributed by atoms with Crippen LogP contribution in [0.3, 0.4) is 0 Å². The number of nitrogens with zero attached hydrogens (tertiary/aromatic N) is 2. The van der Waals surface area contributed by atoms with Gasteiger partial charge in [0.1, 0.15) is 0 Å². The maximum atomic E-state index is 8.91. The smallest absolute Gasteiger partial charge is 0.0966 e. The van der Waals surface area contributed by atoms with Crippen molar-refractivity contribution in [3.63, 3.8) is 0 Å². The first-order chi connectivity index (χ1) is 5.86. The number of aliphatic hydroxyl groups is 1. The lowest BCUT2D eigenvalue weighted by atomic mass is 10.3. The summed E-state index contributed by atoms with van der Waals surface area (Å²) < 4.78 is 0. The molecule has 0 aromatic rings. The van der Waals surface area contributed by atoms with Crippen LogP contribution in [0, 0.1) is 0 Å². The van der Waals surface area contributed by atoms with Crippen molar-refractivity contribution in [3.05, 3.63) is 0 Å². The molecule has 0 unspecified atom stereocenters. The van der Waals surface area contributed by atoms with E-state index in [9.17, 15) is 0 Å². The van der Waals surface area contributed by atoms with Crippen molar-refractivity contribution >= 4 is 0 Å². The molecule has 0 amide bonds. The molecule has 1 rings (SSSR count). The quantitative estimate of drug-likeness (QED) is 0.587. The molecule has 0 bridgehead atoms. The lowest BCUT2D eigenvalue weighted by Gasteiger charge is -2.34. The van der Waals surface area contributed by atoms with Gasteiger partial charge < -0.3 is 10.8 Å². The molecular weight excluding hydrogens is 154 g/mol. The fraction of sp³-hybridized carbons (Fsp3) is 1.00. The summed E-state index contributed by atoms with van der Waals surface area (Å²) in [5, 5.41) is 8.91. The van der Waals surface area contributed by atoms with E-state index in [-0.39, 0.29) is 6.73 Å². The van der Waals surface area contributed by atoms with Gasteiger partial charge >= 0.3 is 0 Å². The summed E-state index contributed by atoms with van der Waals surface area (Å²) in [5.41, 5.74) is 5.42. The molecule has 1 aliphatic rings. The van der Waals surface area contributed by atoms with Crippen LogP contribution in [0.4, 0.5) is 0 Å². The Hall–Kier alpha value is -0.160. The summed E-state index contributed by atoms with van der Waals surface area (Å²) in [6.45, 7) is 5.07. The molecule has 1 saturated heterocycles. The second-order valence-corrected chi connectivity index (χ2v) is 3.29. The number of nitrogens with two attached hydrogens (primary N) is 1. The second-order valence-electron chi connectivity index (χ2n) is 3.29. The third kappa shape index (κ3) is 3.06. The first-order valence-corrected chi connectivity index (χ1v) is 4.62. The molecule has 0 radical (unpaired) electrons. The standard InChI is InChI=1S/C8H19N3O/c9-3-1-4-10-5-2-6-11(7-10)8-12/h12H,1-9H2. The summed E-state index contributed by atoms with van der Waals surface area (Å²) in [7, 11) is 0. The van der Waals surface area contributed by atoms with Crippen LogP contribution in [0.25, 0.3) is 0 Å². The second kappa shape index (κ2) is 5.48. The number of hydrogen-bond donors (Lipinski definition) is 2. The van der Waals surface area contributed by atoms with E-state index in [1.165, 1.54) is 0 Å². The van der Waals surface area contributed by atoms with Crippen LogP contribution in [-0.4, -0.2) is 54.5 Å². The van der Waals surface area contributed by atoms with E-state index in [2.05, 4.69) is 4.90 Å². The predicted octanol–water partition coefficient (Wildman–Crippen LogP) is -0.750. The molecule has 0 atom stereocenters. The minimum Gasteiger partial charge on any atom is -0.381 e. The zero-order chi connectivity index (χ0) is 8.81. The van der Waals surface area contributed by atoms with Gasteiger partial charge in [-0.3, -0.25) is 9.80 Å². The molecule has 0 aromatic carbocycles. The summed E-state index contributed by atoms with van der Waals surface area (Å²) >= 11 is 0. The van der Waals surface area contributed by atoms with E-state index < -0.39 is 0 Å². The molecule has 4 heteroatoms. The van der Waals surface area contributed by atoms with Crippen molar-refractivity contribution in [1.29, 1.82) is 0 Å². The SMILES string of the molecule is NCCCN1CCCN(CO)C1. The van der Waals surface area contributed by atoms with Crippen molar-refractivity contribution < 1.29 is 5.11 Å². The van der Waals surface area contributed by atoms with Gasteiger partial charge in [0.15, 0.2) is 0 Å². The van der Waals surface area contributed by atoms with Crippen LogP contribution in [-0.2, 0) is 0 Å². The average molecular weight is 173 g/mol. The number of hydrogen-bond acceptors (Lipinski definition) is 4. The molecule has 1 fully saturated rings. The van der Waals surface area contributed by atoms with Gasteiger partial charge in [-0.25, -0.2) is 0 Å². The van der Waals surface area contributed by atoms with Gasteiger partial charge in [-0.2, -0.15) is 0 Å². The largest absolute Gasteiger partial charge is 0.381 e. The van der Waals surface area contributed by atoms with Crippen LogP contribution < -0.4 is 5.73 Å². The zero-order valence-corrected chi connectivity index (χ0v) is 7.58. The highest BCUT2D eigenvalue weighted by molar-refractivity contribution is 4.66. The van der Waals surface area contributed by atoms with E-state index in [0.717, 1.165) is 45.7 Å². The molecule has 3 N–H and O–H groups in total. The van der Waals surface area contributed by atoms with Crippen molar-refractivity contribution in [1.82, 2.24) is 9.80 Å². The fourth-order valence-corrected chi connectivity index (χ4v) is 1.56. The Morgan fingerprint density at radius 1 is 1.25 bits per heavy atom. The Labute approximate surface area is 73.9 Å². The molecule has 12 heavy (non-hydrogen) atoms. The Balaban J connectivity index is 2.16. The Bertz CT molecular complexity index is 121. The van der Waals surface area contributed by atoms with Crippen LogP contribution in [0.1, 0.15) is 12.8 Å². The fourth-order valence-electron chi connectivity index (χ4n) is 1.56. The highest BCUT2D eigenvalue weighted by Crippen LogP contribution is 2.04. The van der Waals surface area contributed by atoms with Crippen molar-refractivity contribution in [2.24, 2.45) is 5.73 Å². The minimum absolute atomic E-state index is 0.180. The minimum atomic E-state index is 0.180. The average Bonchev–Trinajstić information content (AvgIpc) is 2.15. The highest BCUT2D eigenvalue weighted by atomic mass is 16.3. The first-order valence-electron chi connectivity index (χ1n) is 4.62. The third-order valence-corrected chi connectivity index (χ3v) is 2.23. The number of rotatable bonds is 4. The molecule has 0 spiro atoms. The normalized spacial score (nSPS) is 21.5. The Morgan fingerprint density at radius 3 is 2.67 bits per heavy atom. The van der Waals surface area contributed by atoms with E-state index in [1.807, 2.05) is 4.90 Å². The van der Waals surface area contributed by atoms with Gasteiger partial charge in [0.2, 0.25) is 0 Å². The molecule has 0 aliphatic carbocycles. The molecule has 0 aromatic heterocycles. The first kappa shape index (κ1) is 9.92. The maximum absolute atomic E-state index is 8.91. The van der Waals surface area contributed by atoms with E-state index in [1.54, 1.807) is 0 Å². The van der Waals surface area contributed by atoms with Gasteiger partial charge in [0, 0.05) is 19.6 Å².